The van der Waals surface area contributed by atoms with Crippen LogP contribution in [0.2, 0.25) is 0 Å². The Morgan fingerprint density at radius 1 is 1.19 bits per heavy atom. The van der Waals surface area contributed by atoms with Crippen LogP contribution < -0.4 is 5.73 Å². The summed E-state index contributed by atoms with van der Waals surface area (Å²) in [7, 11) is 0. The van der Waals surface area contributed by atoms with Crippen molar-refractivity contribution in [1.29, 1.82) is 0 Å². The van der Waals surface area contributed by atoms with Crippen molar-refractivity contribution in [2.24, 2.45) is 11.1 Å². The average molecular weight is 231 g/mol. The fourth-order valence-corrected chi connectivity index (χ4v) is 1.41. The van der Waals surface area contributed by atoms with Gasteiger partial charge in [0.25, 0.3) is 6.43 Å². The molecule has 0 spiro atoms. The zero-order chi connectivity index (χ0) is 12.5. The summed E-state index contributed by atoms with van der Waals surface area (Å²) in [4.78, 5) is 0. The van der Waals surface area contributed by atoms with Crippen LogP contribution in [0.15, 0.2) is 18.2 Å². The number of hydrogen-bond donors (Lipinski definition) is 1. The highest BCUT2D eigenvalue weighted by Crippen LogP contribution is 2.32. The third-order valence-corrected chi connectivity index (χ3v) is 2.55. The third kappa shape index (κ3) is 2.76. The average Bonchev–Trinajstić information content (AvgIpc) is 2.14. The molecule has 0 fully saturated rings. The van der Waals surface area contributed by atoms with E-state index < -0.39 is 17.8 Å². The largest absolute Gasteiger partial charge is 0.324 e. The van der Waals surface area contributed by atoms with E-state index in [4.69, 9.17) is 5.73 Å². The first-order valence-electron chi connectivity index (χ1n) is 5.06. The van der Waals surface area contributed by atoms with Crippen molar-refractivity contribution in [3.05, 3.63) is 35.1 Å². The minimum absolute atomic E-state index is 0.237. The summed E-state index contributed by atoms with van der Waals surface area (Å²) in [6, 6.07) is 3.27. The van der Waals surface area contributed by atoms with E-state index in [1.54, 1.807) is 0 Å². The van der Waals surface area contributed by atoms with Crippen LogP contribution in [-0.2, 0) is 0 Å². The van der Waals surface area contributed by atoms with E-state index in [0.717, 1.165) is 12.1 Å². The van der Waals surface area contributed by atoms with E-state index >= 15 is 0 Å². The molecule has 4 heteroatoms. The molecule has 90 valence electrons. The Kier molecular flexibility index (Phi) is 3.63. The molecule has 0 aliphatic heterocycles. The summed E-state index contributed by atoms with van der Waals surface area (Å²) in [5.74, 6) is -0.896. The predicted octanol–water partition coefficient (Wildman–Crippen LogP) is 3.81. The second-order valence-electron chi connectivity index (χ2n) is 4.93. The van der Waals surface area contributed by atoms with Crippen molar-refractivity contribution in [3.63, 3.8) is 0 Å². The van der Waals surface area contributed by atoms with Gasteiger partial charge < -0.3 is 5.73 Å². The van der Waals surface area contributed by atoms with Gasteiger partial charge in [-0.15, -0.1) is 0 Å². The molecule has 0 heterocycles. The van der Waals surface area contributed by atoms with Gasteiger partial charge in [0.2, 0.25) is 0 Å². The first kappa shape index (κ1) is 13.0. The van der Waals surface area contributed by atoms with Crippen molar-refractivity contribution < 1.29 is 13.2 Å². The fourth-order valence-electron chi connectivity index (χ4n) is 1.41. The molecule has 16 heavy (non-hydrogen) atoms. The molecule has 0 radical (unpaired) electrons. The molecular formula is C12H16F3N. The topological polar surface area (TPSA) is 26.0 Å². The first-order valence-corrected chi connectivity index (χ1v) is 5.06. The minimum atomic E-state index is -2.79. The van der Waals surface area contributed by atoms with E-state index in [-0.39, 0.29) is 11.5 Å². The SMILES string of the molecule is CC(C)(C)[C@H](N)c1ccc(C(F)F)c(F)c1. The molecule has 0 saturated heterocycles. The van der Waals surface area contributed by atoms with Crippen LogP contribution in [-0.4, -0.2) is 0 Å². The van der Waals surface area contributed by atoms with Gasteiger partial charge in [-0.05, 0) is 17.0 Å². The van der Waals surface area contributed by atoms with Crippen molar-refractivity contribution in [2.45, 2.75) is 33.2 Å². The van der Waals surface area contributed by atoms with Crippen LogP contribution in [0.1, 0.15) is 44.4 Å². The van der Waals surface area contributed by atoms with Crippen LogP contribution in [0.5, 0.6) is 0 Å². The summed E-state index contributed by atoms with van der Waals surface area (Å²) in [6.07, 6.45) is -2.79. The normalized spacial score (nSPS) is 14.2. The lowest BCUT2D eigenvalue weighted by molar-refractivity contribution is 0.146. The van der Waals surface area contributed by atoms with E-state index in [2.05, 4.69) is 0 Å². The quantitative estimate of drug-likeness (QED) is 0.822. The van der Waals surface area contributed by atoms with Crippen molar-refractivity contribution >= 4 is 0 Å². The molecule has 0 saturated carbocycles. The minimum Gasteiger partial charge on any atom is -0.324 e. The molecule has 1 aromatic carbocycles. The number of rotatable bonds is 2. The molecule has 0 aromatic heterocycles. The number of alkyl halides is 2. The molecule has 0 aliphatic carbocycles. The van der Waals surface area contributed by atoms with Gasteiger partial charge in [0.1, 0.15) is 5.82 Å². The molecular weight excluding hydrogens is 215 g/mol. The molecule has 2 N–H and O–H groups in total. The van der Waals surface area contributed by atoms with Crippen LogP contribution in [0.25, 0.3) is 0 Å². The van der Waals surface area contributed by atoms with Gasteiger partial charge in [-0.1, -0.05) is 32.9 Å². The van der Waals surface area contributed by atoms with Crippen molar-refractivity contribution in [3.8, 4) is 0 Å². The molecule has 0 amide bonds. The van der Waals surface area contributed by atoms with E-state index in [1.165, 1.54) is 6.07 Å². The summed E-state index contributed by atoms with van der Waals surface area (Å²) in [5, 5.41) is 0. The Morgan fingerprint density at radius 2 is 1.75 bits per heavy atom. The van der Waals surface area contributed by atoms with Crippen LogP contribution in [0, 0.1) is 11.2 Å². The van der Waals surface area contributed by atoms with Crippen LogP contribution in [0.4, 0.5) is 13.2 Å². The van der Waals surface area contributed by atoms with Gasteiger partial charge in [-0.2, -0.15) is 0 Å². The highest BCUT2D eigenvalue weighted by Gasteiger charge is 2.24. The summed E-state index contributed by atoms with van der Waals surface area (Å²) < 4.78 is 38.0. The first-order chi connectivity index (χ1) is 7.23. The number of hydrogen-bond acceptors (Lipinski definition) is 1. The lowest BCUT2D eigenvalue weighted by Crippen LogP contribution is -2.26. The van der Waals surface area contributed by atoms with Crippen LogP contribution >= 0.6 is 0 Å². The lowest BCUT2D eigenvalue weighted by Gasteiger charge is -2.27. The van der Waals surface area contributed by atoms with Gasteiger partial charge >= 0.3 is 0 Å². The smallest absolute Gasteiger partial charge is 0.266 e. The molecule has 1 nitrogen and oxygen atoms in total. The molecule has 0 aliphatic rings. The number of halogens is 3. The molecule has 1 rings (SSSR count). The van der Waals surface area contributed by atoms with Gasteiger partial charge in [0.05, 0.1) is 5.56 Å². The number of nitrogens with two attached hydrogens (primary N) is 1. The Balaban J connectivity index is 3.07. The Hall–Kier alpha value is -1.03. The maximum absolute atomic E-state index is 13.3. The van der Waals surface area contributed by atoms with Crippen molar-refractivity contribution in [1.82, 2.24) is 0 Å². The van der Waals surface area contributed by atoms with Crippen LogP contribution in [0.3, 0.4) is 0 Å². The molecule has 0 unspecified atom stereocenters. The monoisotopic (exact) mass is 231 g/mol. The highest BCUT2D eigenvalue weighted by atomic mass is 19.3. The van der Waals surface area contributed by atoms with E-state index in [1.807, 2.05) is 20.8 Å². The second kappa shape index (κ2) is 4.45. The lowest BCUT2D eigenvalue weighted by atomic mass is 9.83. The summed E-state index contributed by atoms with van der Waals surface area (Å²) in [6.45, 7) is 5.74. The Labute approximate surface area is 93.5 Å². The Bertz CT molecular complexity index is 369. The molecule has 1 aromatic rings. The van der Waals surface area contributed by atoms with Gasteiger partial charge in [0.15, 0.2) is 0 Å². The molecule has 1 atom stereocenters. The van der Waals surface area contributed by atoms with Gasteiger partial charge in [-0.3, -0.25) is 0 Å². The van der Waals surface area contributed by atoms with E-state index in [9.17, 15) is 13.2 Å². The maximum atomic E-state index is 13.3. The summed E-state index contributed by atoms with van der Waals surface area (Å²) in [5.41, 5.74) is 5.63. The third-order valence-electron chi connectivity index (χ3n) is 2.55. The second-order valence-corrected chi connectivity index (χ2v) is 4.93. The fraction of sp³-hybridized carbons (Fsp3) is 0.500. The Morgan fingerprint density at radius 3 is 2.12 bits per heavy atom. The van der Waals surface area contributed by atoms with Crippen molar-refractivity contribution in [2.75, 3.05) is 0 Å². The summed E-state index contributed by atoms with van der Waals surface area (Å²) >= 11 is 0. The zero-order valence-electron chi connectivity index (χ0n) is 9.60. The molecule has 0 bridgehead atoms. The van der Waals surface area contributed by atoms with E-state index in [0.29, 0.717) is 5.56 Å². The van der Waals surface area contributed by atoms with Gasteiger partial charge in [0, 0.05) is 6.04 Å². The predicted molar refractivity (Wildman–Crippen MR) is 57.7 cm³/mol. The standard InChI is InChI=1S/C12H16F3N/c1-12(2,3)10(16)7-4-5-8(11(14)15)9(13)6-7/h4-6,10-11H,16H2,1-3H3/t10-/m1/s1. The zero-order valence-corrected chi connectivity index (χ0v) is 9.60. The maximum Gasteiger partial charge on any atom is 0.266 e. The van der Waals surface area contributed by atoms with Gasteiger partial charge in [-0.25, -0.2) is 13.2 Å². The highest BCUT2D eigenvalue weighted by molar-refractivity contribution is 5.28. The number of benzene rings is 1.